The number of aryl methyl sites for hydroxylation is 1. The number of aromatic carboxylic acids is 1. The van der Waals surface area contributed by atoms with Gasteiger partial charge in [0.2, 0.25) is 0 Å². The second kappa shape index (κ2) is 16.7. The van der Waals surface area contributed by atoms with Crippen LogP contribution in [0.2, 0.25) is 0 Å². The number of carboxylic acid groups (broad SMARTS) is 1. The van der Waals surface area contributed by atoms with Crippen molar-refractivity contribution in [3.05, 3.63) is 100 Å². The Kier molecular flexibility index (Phi) is 13.0. The average Bonchev–Trinajstić information content (AvgIpc) is 2.94. The van der Waals surface area contributed by atoms with E-state index in [-0.39, 0.29) is 12.4 Å². The zero-order valence-electron chi connectivity index (χ0n) is 22.5. The number of carbonyl (C=O) groups is 1. The van der Waals surface area contributed by atoms with E-state index in [2.05, 4.69) is 5.32 Å². The third kappa shape index (κ3) is 10.5. The summed E-state index contributed by atoms with van der Waals surface area (Å²) in [7, 11) is 0. The number of phenols is 1. The van der Waals surface area contributed by atoms with Crippen LogP contribution in [0.3, 0.4) is 0 Å². The van der Waals surface area contributed by atoms with Gasteiger partial charge in [0.15, 0.2) is 0 Å². The quantitative estimate of drug-likeness (QED) is 0.145. The minimum atomic E-state index is -0.893. The lowest BCUT2D eigenvalue weighted by molar-refractivity contribution is 0.0695. The summed E-state index contributed by atoms with van der Waals surface area (Å²) in [6.07, 6.45) is 5.86. The van der Waals surface area contributed by atoms with Gasteiger partial charge in [-0.1, -0.05) is 61.4 Å². The van der Waals surface area contributed by atoms with E-state index in [1.54, 1.807) is 18.2 Å². The molecule has 1 unspecified atom stereocenters. The van der Waals surface area contributed by atoms with E-state index in [1.165, 1.54) is 6.07 Å². The zero-order chi connectivity index (χ0) is 27.9. The number of aliphatic hydroxyl groups excluding tert-OH is 2. The first-order valence-corrected chi connectivity index (χ1v) is 13.8. The smallest absolute Gasteiger partial charge is 0.335 e. The molecule has 3 aromatic rings. The summed E-state index contributed by atoms with van der Waals surface area (Å²) < 4.78 is 5.80. The summed E-state index contributed by atoms with van der Waals surface area (Å²) >= 11 is 0. The molecular weight excluding hydrogens is 494 g/mol. The molecular formula is C32H41NO6. The first kappa shape index (κ1) is 30.3. The van der Waals surface area contributed by atoms with E-state index >= 15 is 0 Å². The normalized spacial score (nSPS) is 11.9. The molecule has 0 aliphatic rings. The van der Waals surface area contributed by atoms with Crippen molar-refractivity contribution in [1.29, 1.82) is 0 Å². The van der Waals surface area contributed by atoms with Crippen LogP contribution in [0, 0.1) is 0 Å². The Balaban J connectivity index is 1.23. The lowest BCUT2D eigenvalue weighted by atomic mass is 9.96. The molecule has 0 aliphatic heterocycles. The van der Waals surface area contributed by atoms with Gasteiger partial charge in [-0.15, -0.1) is 0 Å². The summed E-state index contributed by atoms with van der Waals surface area (Å²) in [4.78, 5) is 11.6. The monoisotopic (exact) mass is 535 g/mol. The Labute approximate surface area is 231 Å². The third-order valence-corrected chi connectivity index (χ3v) is 6.78. The zero-order valence-corrected chi connectivity index (χ0v) is 22.5. The highest BCUT2D eigenvalue weighted by atomic mass is 16.5. The molecule has 1 atom stereocenters. The number of ether oxygens (including phenoxy) is 1. The van der Waals surface area contributed by atoms with Crippen molar-refractivity contribution >= 4 is 5.97 Å². The first-order chi connectivity index (χ1) is 19.0. The second-order valence-corrected chi connectivity index (χ2v) is 9.86. The van der Waals surface area contributed by atoms with Crippen LogP contribution in [-0.2, 0) is 24.2 Å². The molecule has 0 bridgehead atoms. The molecule has 3 aromatic carbocycles. The van der Waals surface area contributed by atoms with Crippen LogP contribution in [-0.4, -0.2) is 52.7 Å². The van der Waals surface area contributed by atoms with Crippen molar-refractivity contribution in [2.45, 2.75) is 57.7 Å². The van der Waals surface area contributed by atoms with Gasteiger partial charge < -0.3 is 30.5 Å². The standard InChI is InChI=1S/C32H41NO6/c34-23-28-21-26(13-15-30(28)35)31(36)22-33-16-6-1-2-7-17-39-18-8-11-25-12-14-29(32(37)38)27(20-25)19-24-9-4-3-5-10-24/h3-5,9-10,12-15,20-21,31,33-36H,1-2,6-8,11,16-19,22-23H2,(H,37,38). The number of aromatic hydroxyl groups is 1. The van der Waals surface area contributed by atoms with Crippen LogP contribution in [0.5, 0.6) is 5.75 Å². The summed E-state index contributed by atoms with van der Waals surface area (Å²) in [5.74, 6) is -0.860. The molecule has 5 N–H and O–H groups in total. The lowest BCUT2D eigenvalue weighted by Crippen LogP contribution is -2.22. The SMILES string of the molecule is O=C(O)c1ccc(CCCOCCCCCCNCC(O)c2ccc(O)c(CO)c2)cc1Cc1ccccc1. The van der Waals surface area contributed by atoms with Gasteiger partial charge in [0.05, 0.1) is 18.3 Å². The number of aliphatic hydroxyl groups is 2. The van der Waals surface area contributed by atoms with Crippen LogP contribution in [0.1, 0.15) is 76.4 Å². The fourth-order valence-electron chi connectivity index (χ4n) is 4.56. The number of carboxylic acids is 1. The minimum absolute atomic E-state index is 0.0331. The first-order valence-electron chi connectivity index (χ1n) is 13.8. The fourth-order valence-corrected chi connectivity index (χ4v) is 4.56. The molecule has 0 aromatic heterocycles. The number of hydrogen-bond acceptors (Lipinski definition) is 6. The number of unbranched alkanes of at least 4 members (excludes halogenated alkanes) is 3. The Bertz CT molecular complexity index is 1150. The van der Waals surface area contributed by atoms with E-state index in [4.69, 9.17) is 4.74 Å². The van der Waals surface area contributed by atoms with Gasteiger partial charge in [0.1, 0.15) is 5.75 Å². The van der Waals surface area contributed by atoms with Gasteiger partial charge in [-0.25, -0.2) is 4.79 Å². The van der Waals surface area contributed by atoms with Gasteiger partial charge in [-0.05, 0) is 79.1 Å². The highest BCUT2D eigenvalue weighted by molar-refractivity contribution is 5.89. The van der Waals surface area contributed by atoms with Gasteiger partial charge in [0, 0.05) is 25.3 Å². The molecule has 0 saturated heterocycles. The number of rotatable bonds is 18. The predicted molar refractivity (Wildman–Crippen MR) is 152 cm³/mol. The molecule has 0 aliphatic carbocycles. The van der Waals surface area contributed by atoms with Crippen LogP contribution < -0.4 is 5.32 Å². The van der Waals surface area contributed by atoms with E-state index in [0.717, 1.165) is 68.4 Å². The summed E-state index contributed by atoms with van der Waals surface area (Å²) in [5.41, 5.74) is 4.51. The van der Waals surface area contributed by atoms with Crippen LogP contribution >= 0.6 is 0 Å². The largest absolute Gasteiger partial charge is 0.508 e. The number of benzene rings is 3. The highest BCUT2D eigenvalue weighted by Crippen LogP contribution is 2.22. The van der Waals surface area contributed by atoms with Gasteiger partial charge in [0.25, 0.3) is 0 Å². The van der Waals surface area contributed by atoms with Crippen LogP contribution in [0.4, 0.5) is 0 Å². The molecule has 0 saturated carbocycles. The second-order valence-electron chi connectivity index (χ2n) is 9.86. The third-order valence-electron chi connectivity index (χ3n) is 6.78. The number of hydrogen-bond donors (Lipinski definition) is 5. The molecule has 0 heterocycles. The lowest BCUT2D eigenvalue weighted by Gasteiger charge is -2.14. The van der Waals surface area contributed by atoms with Crippen molar-refractivity contribution in [1.82, 2.24) is 5.32 Å². The molecule has 7 nitrogen and oxygen atoms in total. The molecule has 0 amide bonds. The van der Waals surface area contributed by atoms with E-state index in [9.17, 15) is 25.2 Å². The predicted octanol–water partition coefficient (Wildman–Crippen LogP) is 5.01. The van der Waals surface area contributed by atoms with Crippen molar-refractivity contribution < 1.29 is 30.0 Å². The Hall–Kier alpha value is -3.23. The van der Waals surface area contributed by atoms with Gasteiger partial charge in [-0.2, -0.15) is 0 Å². The summed E-state index contributed by atoms with van der Waals surface area (Å²) in [5, 5.41) is 42.0. The maximum Gasteiger partial charge on any atom is 0.335 e. The molecule has 0 radical (unpaired) electrons. The Morgan fingerprint density at radius 2 is 1.62 bits per heavy atom. The molecule has 0 spiro atoms. The van der Waals surface area contributed by atoms with Crippen molar-refractivity contribution in [2.24, 2.45) is 0 Å². The molecule has 39 heavy (non-hydrogen) atoms. The van der Waals surface area contributed by atoms with Crippen molar-refractivity contribution in [3.8, 4) is 5.75 Å². The fraction of sp³-hybridized carbons (Fsp3) is 0.406. The maximum absolute atomic E-state index is 11.6. The summed E-state index contributed by atoms with van der Waals surface area (Å²) in [6, 6.07) is 20.3. The molecule has 3 rings (SSSR count). The van der Waals surface area contributed by atoms with Crippen LogP contribution in [0.15, 0.2) is 66.7 Å². The maximum atomic E-state index is 11.6. The summed E-state index contributed by atoms with van der Waals surface area (Å²) in [6.45, 7) is 2.39. The Morgan fingerprint density at radius 1 is 0.846 bits per heavy atom. The van der Waals surface area contributed by atoms with Crippen molar-refractivity contribution in [3.63, 3.8) is 0 Å². The molecule has 0 fully saturated rings. The van der Waals surface area contributed by atoms with Gasteiger partial charge >= 0.3 is 5.97 Å². The van der Waals surface area contributed by atoms with E-state index in [1.807, 2.05) is 42.5 Å². The van der Waals surface area contributed by atoms with E-state index in [0.29, 0.717) is 36.3 Å². The topological polar surface area (TPSA) is 119 Å². The van der Waals surface area contributed by atoms with Crippen molar-refractivity contribution in [2.75, 3.05) is 26.3 Å². The Morgan fingerprint density at radius 3 is 2.38 bits per heavy atom. The minimum Gasteiger partial charge on any atom is -0.508 e. The average molecular weight is 536 g/mol. The number of nitrogens with one attached hydrogen (secondary N) is 1. The van der Waals surface area contributed by atoms with Gasteiger partial charge in [-0.3, -0.25) is 0 Å². The molecule has 210 valence electrons. The highest BCUT2D eigenvalue weighted by Gasteiger charge is 2.12. The van der Waals surface area contributed by atoms with Crippen LogP contribution in [0.25, 0.3) is 0 Å². The van der Waals surface area contributed by atoms with E-state index < -0.39 is 12.1 Å². The molecule has 7 heteroatoms.